The van der Waals surface area contributed by atoms with Crippen LogP contribution >= 0.6 is 11.3 Å². The summed E-state index contributed by atoms with van der Waals surface area (Å²) in [7, 11) is -3.74. The fourth-order valence-electron chi connectivity index (χ4n) is 4.79. The molecule has 0 bridgehead atoms. The Morgan fingerprint density at radius 1 is 0.921 bits per heavy atom. The van der Waals surface area contributed by atoms with Gasteiger partial charge in [-0.2, -0.15) is 0 Å². The molecule has 0 atom stereocenters. The predicted molar refractivity (Wildman–Crippen MR) is 152 cm³/mol. The zero-order chi connectivity index (χ0) is 26.3. The number of thiazole rings is 1. The number of benzene rings is 4. The molecule has 0 spiro atoms. The van der Waals surface area contributed by atoms with Crippen LogP contribution in [0.3, 0.4) is 0 Å². The second-order valence-corrected chi connectivity index (χ2v) is 12.1. The number of carbonyl (C=O) groups excluding carboxylic acids is 1. The van der Waals surface area contributed by atoms with E-state index in [4.69, 9.17) is 4.98 Å². The highest BCUT2D eigenvalue weighted by atomic mass is 32.2. The molecule has 1 aliphatic rings. The van der Waals surface area contributed by atoms with Crippen LogP contribution in [0.15, 0.2) is 102 Å². The molecule has 1 amide bonds. The monoisotopic (exact) mass is 539 g/mol. The summed E-state index contributed by atoms with van der Waals surface area (Å²) in [5, 5.41) is 0.605. The molecule has 6 rings (SSSR count). The minimum absolute atomic E-state index is 0.163. The van der Waals surface area contributed by atoms with Crippen LogP contribution in [0, 0.1) is 6.92 Å². The number of para-hydroxylation sites is 2. The quantitative estimate of drug-likeness (QED) is 0.258. The number of fused-ring (bicyclic) bond motifs is 2. The molecule has 0 saturated heterocycles. The summed E-state index contributed by atoms with van der Waals surface area (Å²) in [4.78, 5) is 20.5. The SMILES string of the molecule is Cc1cccc2sc(N(Cc3ccccc3)C(=O)c3ccc(S(=O)(=O)N4CCc5ccccc54)cc3)nc12. The molecule has 190 valence electrons. The lowest BCUT2D eigenvalue weighted by Gasteiger charge is -2.21. The van der Waals surface area contributed by atoms with Crippen LogP contribution in [-0.4, -0.2) is 25.9 Å². The minimum atomic E-state index is -3.74. The van der Waals surface area contributed by atoms with Gasteiger partial charge in [0.15, 0.2) is 5.13 Å². The Morgan fingerprint density at radius 3 is 2.42 bits per heavy atom. The molecule has 0 radical (unpaired) electrons. The van der Waals surface area contributed by atoms with E-state index >= 15 is 0 Å². The van der Waals surface area contributed by atoms with Gasteiger partial charge >= 0.3 is 0 Å². The van der Waals surface area contributed by atoms with Gasteiger partial charge in [0.25, 0.3) is 15.9 Å². The fraction of sp³-hybridized carbons (Fsp3) is 0.133. The van der Waals surface area contributed by atoms with Crippen molar-refractivity contribution in [3.63, 3.8) is 0 Å². The van der Waals surface area contributed by atoms with Gasteiger partial charge in [-0.1, -0.05) is 72.0 Å². The highest BCUT2D eigenvalue weighted by molar-refractivity contribution is 7.92. The van der Waals surface area contributed by atoms with E-state index in [0.29, 0.717) is 35.9 Å². The Balaban J connectivity index is 1.33. The van der Waals surface area contributed by atoms with Gasteiger partial charge in [0, 0.05) is 12.1 Å². The van der Waals surface area contributed by atoms with Crippen molar-refractivity contribution in [3.05, 3.63) is 119 Å². The van der Waals surface area contributed by atoms with Gasteiger partial charge in [-0.3, -0.25) is 14.0 Å². The molecular weight excluding hydrogens is 514 g/mol. The fourth-order valence-corrected chi connectivity index (χ4v) is 7.34. The maximum absolute atomic E-state index is 13.8. The third kappa shape index (κ3) is 4.36. The molecule has 0 N–H and O–H groups in total. The molecule has 0 unspecified atom stereocenters. The van der Waals surface area contributed by atoms with Gasteiger partial charge in [0.1, 0.15) is 0 Å². The van der Waals surface area contributed by atoms with Crippen molar-refractivity contribution in [3.8, 4) is 0 Å². The summed E-state index contributed by atoms with van der Waals surface area (Å²) in [6, 6.07) is 29.5. The van der Waals surface area contributed by atoms with Crippen molar-refractivity contribution in [2.24, 2.45) is 0 Å². The van der Waals surface area contributed by atoms with Crippen molar-refractivity contribution >= 4 is 48.3 Å². The summed E-state index contributed by atoms with van der Waals surface area (Å²) >= 11 is 1.47. The van der Waals surface area contributed by atoms with E-state index in [1.54, 1.807) is 17.0 Å². The smallest absolute Gasteiger partial charge is 0.264 e. The van der Waals surface area contributed by atoms with E-state index in [1.165, 1.54) is 27.8 Å². The van der Waals surface area contributed by atoms with Gasteiger partial charge in [-0.05, 0) is 66.4 Å². The lowest BCUT2D eigenvalue weighted by Crippen LogP contribution is -2.31. The van der Waals surface area contributed by atoms with E-state index in [0.717, 1.165) is 26.9 Å². The first-order chi connectivity index (χ1) is 18.4. The van der Waals surface area contributed by atoms with E-state index in [9.17, 15) is 13.2 Å². The van der Waals surface area contributed by atoms with Gasteiger partial charge in [-0.25, -0.2) is 13.4 Å². The van der Waals surface area contributed by atoms with Crippen molar-refractivity contribution < 1.29 is 13.2 Å². The number of rotatable bonds is 6. The Morgan fingerprint density at radius 2 is 1.66 bits per heavy atom. The maximum atomic E-state index is 13.8. The normalized spacial score (nSPS) is 13.0. The highest BCUT2D eigenvalue weighted by Gasteiger charge is 2.31. The topological polar surface area (TPSA) is 70.6 Å². The number of nitrogens with zero attached hydrogens (tertiary/aromatic N) is 3. The highest BCUT2D eigenvalue weighted by Crippen LogP contribution is 2.34. The third-order valence-corrected chi connectivity index (χ3v) is 9.67. The van der Waals surface area contributed by atoms with E-state index in [1.807, 2.05) is 79.7 Å². The maximum Gasteiger partial charge on any atom is 0.264 e. The van der Waals surface area contributed by atoms with Gasteiger partial charge in [-0.15, -0.1) is 0 Å². The van der Waals surface area contributed by atoms with Crippen LogP contribution in [0.2, 0.25) is 0 Å². The van der Waals surface area contributed by atoms with Gasteiger partial charge in [0.2, 0.25) is 0 Å². The van der Waals surface area contributed by atoms with Crippen molar-refractivity contribution in [2.75, 3.05) is 15.7 Å². The number of hydrogen-bond acceptors (Lipinski definition) is 5. The molecule has 4 aromatic carbocycles. The first-order valence-electron chi connectivity index (χ1n) is 12.3. The summed E-state index contributed by atoms with van der Waals surface area (Å²) in [6.45, 7) is 2.76. The molecule has 0 fully saturated rings. The first-order valence-corrected chi connectivity index (χ1v) is 14.6. The summed E-state index contributed by atoms with van der Waals surface area (Å²) in [5.41, 5.74) is 5.04. The molecule has 8 heteroatoms. The van der Waals surface area contributed by atoms with Crippen LogP contribution in [0.1, 0.15) is 27.0 Å². The second kappa shape index (κ2) is 9.70. The molecule has 1 aliphatic heterocycles. The van der Waals surface area contributed by atoms with E-state index in [2.05, 4.69) is 0 Å². The average molecular weight is 540 g/mol. The summed E-state index contributed by atoms with van der Waals surface area (Å²) < 4.78 is 29.3. The van der Waals surface area contributed by atoms with E-state index in [-0.39, 0.29) is 10.8 Å². The van der Waals surface area contributed by atoms with E-state index < -0.39 is 10.0 Å². The van der Waals surface area contributed by atoms with Crippen molar-refractivity contribution in [1.29, 1.82) is 0 Å². The molecular formula is C30H25N3O3S2. The number of hydrogen-bond donors (Lipinski definition) is 0. The zero-order valence-electron chi connectivity index (χ0n) is 20.7. The van der Waals surface area contributed by atoms with Crippen LogP contribution in [0.4, 0.5) is 10.8 Å². The molecule has 38 heavy (non-hydrogen) atoms. The lowest BCUT2D eigenvalue weighted by atomic mass is 10.1. The number of anilines is 2. The number of aromatic nitrogens is 1. The summed E-state index contributed by atoms with van der Waals surface area (Å²) in [5.74, 6) is -0.235. The molecule has 1 aromatic heterocycles. The van der Waals surface area contributed by atoms with Crippen molar-refractivity contribution in [1.82, 2.24) is 4.98 Å². The van der Waals surface area contributed by atoms with Gasteiger partial charge < -0.3 is 0 Å². The van der Waals surface area contributed by atoms with Crippen LogP contribution in [0.5, 0.6) is 0 Å². The van der Waals surface area contributed by atoms with Gasteiger partial charge in [0.05, 0.1) is 27.3 Å². The minimum Gasteiger partial charge on any atom is -0.279 e. The standard InChI is InChI=1S/C30H25N3O3S2/c1-21-8-7-13-27-28(21)31-30(37-27)32(20-22-9-3-2-4-10-22)29(34)24-14-16-25(17-15-24)38(35,36)33-19-18-23-11-5-6-12-26(23)33/h2-17H,18-20H2,1H3. The molecule has 6 nitrogen and oxygen atoms in total. The second-order valence-electron chi connectivity index (χ2n) is 9.28. The lowest BCUT2D eigenvalue weighted by molar-refractivity contribution is 0.0985. The third-order valence-electron chi connectivity index (χ3n) is 6.80. The molecule has 2 heterocycles. The number of aryl methyl sites for hydroxylation is 1. The summed E-state index contributed by atoms with van der Waals surface area (Å²) in [6.07, 6.45) is 0.683. The number of sulfonamides is 1. The van der Waals surface area contributed by atoms with Crippen LogP contribution in [-0.2, 0) is 23.0 Å². The predicted octanol–water partition coefficient (Wildman–Crippen LogP) is 6.20. The Kier molecular flexibility index (Phi) is 6.21. The van der Waals surface area contributed by atoms with Crippen LogP contribution < -0.4 is 9.21 Å². The first kappa shape index (κ1) is 24.3. The Bertz CT molecular complexity index is 1750. The number of carbonyl (C=O) groups is 1. The van der Waals surface area contributed by atoms with Crippen LogP contribution in [0.25, 0.3) is 10.2 Å². The largest absolute Gasteiger partial charge is 0.279 e. The molecule has 5 aromatic rings. The Hall–Kier alpha value is -4.01. The average Bonchev–Trinajstić information content (AvgIpc) is 3.58. The number of amides is 1. The molecule has 0 saturated carbocycles. The Labute approximate surface area is 225 Å². The van der Waals surface area contributed by atoms with Crippen molar-refractivity contribution in [2.45, 2.75) is 24.8 Å². The molecule has 0 aliphatic carbocycles. The zero-order valence-corrected chi connectivity index (χ0v) is 22.4.